The molecule has 0 N–H and O–H groups in total. The van der Waals surface area contributed by atoms with Crippen LogP contribution in [0.5, 0.6) is 5.75 Å². The maximum Gasteiger partial charge on any atom is 0.120 e. The second-order valence-electron chi connectivity index (χ2n) is 6.62. The van der Waals surface area contributed by atoms with E-state index < -0.39 is 0 Å². The SMILES string of the molecule is CCc1ccc(OCCn2c(CSc3ccccc3)nc3ccccc32)cc1. The van der Waals surface area contributed by atoms with Gasteiger partial charge < -0.3 is 9.30 Å². The van der Waals surface area contributed by atoms with E-state index in [0.29, 0.717) is 6.61 Å². The Morgan fingerprint density at radius 1 is 0.893 bits per heavy atom. The normalized spacial score (nSPS) is 11.0. The predicted octanol–water partition coefficient (Wildman–Crippen LogP) is 5.97. The van der Waals surface area contributed by atoms with Crippen LogP contribution < -0.4 is 4.74 Å². The first kappa shape index (κ1) is 18.6. The number of ether oxygens (including phenoxy) is 1. The van der Waals surface area contributed by atoms with Gasteiger partial charge in [-0.05, 0) is 48.4 Å². The number of hydrogen-bond donors (Lipinski definition) is 0. The van der Waals surface area contributed by atoms with Crippen LogP contribution in [0.15, 0.2) is 83.8 Å². The number of rotatable bonds is 8. The maximum atomic E-state index is 5.99. The van der Waals surface area contributed by atoms with E-state index in [1.165, 1.54) is 10.5 Å². The molecule has 0 radical (unpaired) electrons. The van der Waals surface area contributed by atoms with E-state index in [9.17, 15) is 0 Å². The van der Waals surface area contributed by atoms with E-state index in [-0.39, 0.29) is 0 Å². The second kappa shape index (κ2) is 8.98. The van der Waals surface area contributed by atoms with Crippen LogP contribution in [0.2, 0.25) is 0 Å². The summed E-state index contributed by atoms with van der Waals surface area (Å²) < 4.78 is 8.27. The Morgan fingerprint density at radius 2 is 1.64 bits per heavy atom. The van der Waals surface area contributed by atoms with Crippen molar-refractivity contribution in [1.29, 1.82) is 0 Å². The van der Waals surface area contributed by atoms with Crippen molar-refractivity contribution in [2.45, 2.75) is 30.5 Å². The van der Waals surface area contributed by atoms with Crippen LogP contribution in [0.25, 0.3) is 11.0 Å². The highest BCUT2D eigenvalue weighted by Crippen LogP contribution is 2.25. The average molecular weight is 389 g/mol. The number of benzene rings is 3. The van der Waals surface area contributed by atoms with Crippen molar-refractivity contribution in [3.05, 3.63) is 90.3 Å². The molecule has 0 unspecified atom stereocenters. The summed E-state index contributed by atoms with van der Waals surface area (Å²) in [5.74, 6) is 2.84. The molecule has 142 valence electrons. The van der Waals surface area contributed by atoms with Gasteiger partial charge in [-0.25, -0.2) is 4.98 Å². The lowest BCUT2D eigenvalue weighted by atomic mass is 10.2. The molecular formula is C24H24N2OS. The Balaban J connectivity index is 1.47. The van der Waals surface area contributed by atoms with Crippen LogP contribution in [0, 0.1) is 0 Å². The molecule has 0 saturated heterocycles. The van der Waals surface area contributed by atoms with E-state index in [1.807, 2.05) is 23.9 Å². The fourth-order valence-electron chi connectivity index (χ4n) is 3.23. The van der Waals surface area contributed by atoms with Gasteiger partial charge in [-0.15, -0.1) is 11.8 Å². The number of nitrogens with zero attached hydrogens (tertiary/aromatic N) is 2. The zero-order valence-corrected chi connectivity index (χ0v) is 16.9. The summed E-state index contributed by atoms with van der Waals surface area (Å²) in [5, 5.41) is 0. The minimum Gasteiger partial charge on any atom is -0.492 e. The minimum absolute atomic E-state index is 0.620. The zero-order valence-electron chi connectivity index (χ0n) is 16.0. The maximum absolute atomic E-state index is 5.99. The van der Waals surface area contributed by atoms with Crippen molar-refractivity contribution < 1.29 is 4.74 Å². The molecule has 4 aromatic rings. The zero-order chi connectivity index (χ0) is 19.2. The van der Waals surface area contributed by atoms with Gasteiger partial charge in [0.1, 0.15) is 18.2 Å². The lowest BCUT2D eigenvalue weighted by molar-refractivity contribution is 0.298. The lowest BCUT2D eigenvalue weighted by Crippen LogP contribution is -2.11. The summed E-state index contributed by atoms with van der Waals surface area (Å²) in [6, 6.07) is 27.2. The monoisotopic (exact) mass is 388 g/mol. The summed E-state index contributed by atoms with van der Waals surface area (Å²) in [5.41, 5.74) is 3.53. The lowest BCUT2D eigenvalue weighted by Gasteiger charge is -2.11. The van der Waals surface area contributed by atoms with Crippen LogP contribution >= 0.6 is 11.8 Å². The highest BCUT2D eigenvalue weighted by molar-refractivity contribution is 7.98. The number of hydrogen-bond acceptors (Lipinski definition) is 3. The minimum atomic E-state index is 0.620. The fraction of sp³-hybridized carbons (Fsp3) is 0.208. The molecule has 0 aliphatic heterocycles. The highest BCUT2D eigenvalue weighted by atomic mass is 32.2. The molecule has 1 heterocycles. The van der Waals surface area contributed by atoms with Crippen molar-refractivity contribution >= 4 is 22.8 Å². The van der Waals surface area contributed by atoms with Crippen LogP contribution in [0.4, 0.5) is 0 Å². The van der Waals surface area contributed by atoms with Gasteiger partial charge in [-0.2, -0.15) is 0 Å². The number of thioether (sulfide) groups is 1. The molecule has 3 aromatic carbocycles. The van der Waals surface area contributed by atoms with Crippen molar-refractivity contribution in [3.8, 4) is 5.75 Å². The van der Waals surface area contributed by atoms with Gasteiger partial charge in [0.2, 0.25) is 0 Å². The molecule has 0 saturated carbocycles. The second-order valence-corrected chi connectivity index (χ2v) is 7.66. The van der Waals surface area contributed by atoms with Crippen molar-refractivity contribution in [2.24, 2.45) is 0 Å². The summed E-state index contributed by atoms with van der Waals surface area (Å²) in [6.07, 6.45) is 1.05. The van der Waals surface area contributed by atoms with Gasteiger partial charge in [0.25, 0.3) is 0 Å². The van der Waals surface area contributed by atoms with Crippen LogP contribution in [-0.2, 0) is 18.7 Å². The van der Waals surface area contributed by atoms with E-state index in [4.69, 9.17) is 9.72 Å². The Bertz CT molecular complexity index is 1030. The van der Waals surface area contributed by atoms with Gasteiger partial charge in [0.05, 0.1) is 23.3 Å². The van der Waals surface area contributed by atoms with Gasteiger partial charge >= 0.3 is 0 Å². The molecule has 0 aliphatic rings. The van der Waals surface area contributed by atoms with Crippen LogP contribution in [0.1, 0.15) is 18.3 Å². The van der Waals surface area contributed by atoms with Gasteiger partial charge in [0.15, 0.2) is 0 Å². The first-order valence-corrected chi connectivity index (χ1v) is 10.7. The molecule has 28 heavy (non-hydrogen) atoms. The number of aromatic nitrogens is 2. The van der Waals surface area contributed by atoms with Crippen molar-refractivity contribution in [2.75, 3.05) is 6.61 Å². The van der Waals surface area contributed by atoms with Crippen LogP contribution in [-0.4, -0.2) is 16.2 Å². The smallest absolute Gasteiger partial charge is 0.120 e. The number of fused-ring (bicyclic) bond motifs is 1. The van der Waals surface area contributed by atoms with Gasteiger partial charge in [-0.1, -0.05) is 49.4 Å². The standard InChI is InChI=1S/C24H24N2OS/c1-2-19-12-14-20(15-13-19)27-17-16-26-23-11-7-6-10-22(23)25-24(26)18-28-21-8-4-3-5-9-21/h3-15H,2,16-18H2,1H3. The summed E-state index contributed by atoms with van der Waals surface area (Å²) >= 11 is 1.81. The molecule has 0 bridgehead atoms. The Labute approximate surface area is 170 Å². The van der Waals surface area contributed by atoms with Crippen molar-refractivity contribution in [1.82, 2.24) is 9.55 Å². The molecule has 0 fully saturated rings. The van der Waals surface area contributed by atoms with E-state index in [0.717, 1.165) is 41.3 Å². The molecule has 4 rings (SSSR count). The number of para-hydroxylation sites is 2. The van der Waals surface area contributed by atoms with Crippen LogP contribution in [0.3, 0.4) is 0 Å². The fourth-order valence-corrected chi connectivity index (χ4v) is 4.09. The third kappa shape index (κ3) is 4.39. The summed E-state index contributed by atoms with van der Waals surface area (Å²) in [4.78, 5) is 6.12. The molecule has 0 amide bonds. The quantitative estimate of drug-likeness (QED) is 0.348. The first-order valence-electron chi connectivity index (χ1n) is 9.67. The molecule has 0 aliphatic carbocycles. The molecule has 0 atom stereocenters. The number of aryl methyl sites for hydroxylation is 1. The van der Waals surface area contributed by atoms with Crippen molar-refractivity contribution in [3.63, 3.8) is 0 Å². The van der Waals surface area contributed by atoms with E-state index >= 15 is 0 Å². The first-order chi connectivity index (χ1) is 13.8. The third-order valence-electron chi connectivity index (χ3n) is 4.76. The Kier molecular flexibility index (Phi) is 5.98. The predicted molar refractivity (Wildman–Crippen MR) is 117 cm³/mol. The molecule has 0 spiro atoms. The van der Waals surface area contributed by atoms with E-state index in [2.05, 4.69) is 78.2 Å². The Morgan fingerprint density at radius 3 is 2.43 bits per heavy atom. The van der Waals surface area contributed by atoms with Gasteiger partial charge in [-0.3, -0.25) is 0 Å². The third-order valence-corrected chi connectivity index (χ3v) is 5.77. The van der Waals surface area contributed by atoms with E-state index in [1.54, 1.807) is 0 Å². The largest absolute Gasteiger partial charge is 0.492 e. The molecule has 1 aromatic heterocycles. The average Bonchev–Trinajstić information content (AvgIpc) is 3.11. The Hall–Kier alpha value is -2.72. The summed E-state index contributed by atoms with van der Waals surface area (Å²) in [7, 11) is 0. The highest BCUT2D eigenvalue weighted by Gasteiger charge is 2.11. The topological polar surface area (TPSA) is 27.1 Å². The number of imidazole rings is 1. The van der Waals surface area contributed by atoms with Gasteiger partial charge in [0, 0.05) is 4.90 Å². The summed E-state index contributed by atoms with van der Waals surface area (Å²) in [6.45, 7) is 3.56. The molecule has 3 nitrogen and oxygen atoms in total. The molecule has 4 heteroatoms. The molecular weight excluding hydrogens is 364 g/mol.